The van der Waals surface area contributed by atoms with Crippen LogP contribution in [-0.2, 0) is 23.0 Å². The van der Waals surface area contributed by atoms with Crippen molar-refractivity contribution in [2.45, 2.75) is 31.7 Å². The third-order valence-corrected chi connectivity index (χ3v) is 6.01. The number of phenolic OH excluding ortho intramolecular Hbond substituents is 1. The quantitative estimate of drug-likeness (QED) is 0.926. The number of phenols is 1. The molecular formula is C17H19NO3S. The van der Waals surface area contributed by atoms with Gasteiger partial charge in [-0.05, 0) is 55.2 Å². The molecule has 0 amide bonds. The van der Waals surface area contributed by atoms with Crippen LogP contribution in [0, 0.1) is 13.8 Å². The molecule has 22 heavy (non-hydrogen) atoms. The summed E-state index contributed by atoms with van der Waals surface area (Å²) in [5.41, 5.74) is 3.85. The van der Waals surface area contributed by atoms with Crippen molar-refractivity contribution >= 4 is 10.0 Å². The summed E-state index contributed by atoms with van der Waals surface area (Å²) >= 11 is 0. The first kappa shape index (κ1) is 15.1. The molecule has 1 heterocycles. The van der Waals surface area contributed by atoms with E-state index in [1.54, 1.807) is 30.3 Å². The van der Waals surface area contributed by atoms with E-state index in [1.807, 2.05) is 19.9 Å². The van der Waals surface area contributed by atoms with Gasteiger partial charge in [-0.1, -0.05) is 23.8 Å². The molecule has 0 fully saturated rings. The van der Waals surface area contributed by atoms with Crippen molar-refractivity contribution in [3.8, 4) is 5.75 Å². The van der Waals surface area contributed by atoms with Crippen LogP contribution in [0.5, 0.6) is 5.75 Å². The van der Waals surface area contributed by atoms with Gasteiger partial charge in [0.25, 0.3) is 0 Å². The zero-order chi connectivity index (χ0) is 15.9. The van der Waals surface area contributed by atoms with Gasteiger partial charge in [-0.3, -0.25) is 0 Å². The van der Waals surface area contributed by atoms with Crippen LogP contribution in [0.4, 0.5) is 0 Å². The first-order chi connectivity index (χ1) is 10.4. The second kappa shape index (κ2) is 5.41. The number of hydrogen-bond acceptors (Lipinski definition) is 3. The minimum atomic E-state index is -3.49. The van der Waals surface area contributed by atoms with Gasteiger partial charge in [-0.15, -0.1) is 0 Å². The van der Waals surface area contributed by atoms with Crippen LogP contribution in [0.3, 0.4) is 0 Å². The number of fused-ring (bicyclic) bond motifs is 1. The molecule has 0 spiro atoms. The van der Waals surface area contributed by atoms with Crippen molar-refractivity contribution in [3.63, 3.8) is 0 Å². The predicted molar refractivity (Wildman–Crippen MR) is 85.3 cm³/mol. The van der Waals surface area contributed by atoms with E-state index in [2.05, 4.69) is 0 Å². The van der Waals surface area contributed by atoms with E-state index >= 15 is 0 Å². The molecule has 0 aromatic heterocycles. The maximum absolute atomic E-state index is 12.7. The molecule has 4 nitrogen and oxygen atoms in total. The summed E-state index contributed by atoms with van der Waals surface area (Å²) in [5.74, 6) is 0.216. The molecule has 0 radical (unpaired) electrons. The first-order valence-corrected chi connectivity index (χ1v) is 8.70. The van der Waals surface area contributed by atoms with Crippen LogP contribution in [0.25, 0.3) is 0 Å². The molecule has 116 valence electrons. The molecule has 0 saturated carbocycles. The van der Waals surface area contributed by atoms with Crippen LogP contribution in [0.15, 0.2) is 41.3 Å². The number of aromatic hydroxyl groups is 1. The van der Waals surface area contributed by atoms with Crippen molar-refractivity contribution in [3.05, 3.63) is 58.7 Å². The summed E-state index contributed by atoms with van der Waals surface area (Å²) in [6, 6.07) is 10.5. The van der Waals surface area contributed by atoms with Gasteiger partial charge in [0, 0.05) is 13.1 Å². The fraction of sp³-hybridized carbons (Fsp3) is 0.294. The number of sulfonamides is 1. The molecular weight excluding hydrogens is 298 g/mol. The lowest BCUT2D eigenvalue weighted by Gasteiger charge is -2.28. The van der Waals surface area contributed by atoms with E-state index in [0.29, 0.717) is 24.4 Å². The summed E-state index contributed by atoms with van der Waals surface area (Å²) in [6.07, 6.45) is 0.668. The molecule has 3 rings (SSSR count). The van der Waals surface area contributed by atoms with Crippen LogP contribution in [0.1, 0.15) is 22.3 Å². The average Bonchev–Trinajstić information content (AvgIpc) is 2.48. The van der Waals surface area contributed by atoms with Gasteiger partial charge >= 0.3 is 0 Å². The van der Waals surface area contributed by atoms with Crippen molar-refractivity contribution in [1.82, 2.24) is 4.31 Å². The van der Waals surface area contributed by atoms with Crippen molar-refractivity contribution in [1.29, 1.82) is 0 Å². The zero-order valence-electron chi connectivity index (χ0n) is 12.7. The SMILES string of the molecule is Cc1ccc(S(=O)(=O)N2CCc3cc(C)c(O)cc3C2)cc1. The van der Waals surface area contributed by atoms with Gasteiger partial charge in [0.1, 0.15) is 5.75 Å². The highest BCUT2D eigenvalue weighted by Gasteiger charge is 2.28. The van der Waals surface area contributed by atoms with Gasteiger partial charge < -0.3 is 5.11 Å². The third-order valence-electron chi connectivity index (χ3n) is 4.15. The van der Waals surface area contributed by atoms with Crippen molar-refractivity contribution in [2.75, 3.05) is 6.54 Å². The number of rotatable bonds is 2. The molecule has 0 bridgehead atoms. The first-order valence-electron chi connectivity index (χ1n) is 7.26. The number of hydrogen-bond donors (Lipinski definition) is 1. The van der Waals surface area contributed by atoms with E-state index in [1.165, 1.54) is 4.31 Å². The molecule has 2 aromatic carbocycles. The maximum Gasteiger partial charge on any atom is 0.243 e. The Hall–Kier alpha value is -1.85. The Balaban J connectivity index is 1.93. The molecule has 1 aliphatic rings. The highest BCUT2D eigenvalue weighted by Crippen LogP contribution is 2.29. The minimum Gasteiger partial charge on any atom is -0.508 e. The fourth-order valence-electron chi connectivity index (χ4n) is 2.76. The summed E-state index contributed by atoms with van der Waals surface area (Å²) in [4.78, 5) is 0.317. The second-order valence-electron chi connectivity index (χ2n) is 5.81. The molecule has 1 N–H and O–H groups in total. The molecule has 1 aliphatic heterocycles. The standard InChI is InChI=1S/C17H19NO3S/c1-12-3-5-16(6-4-12)22(20,21)18-8-7-14-9-13(2)17(19)10-15(14)11-18/h3-6,9-10,19H,7-8,11H2,1-2H3. The van der Waals surface area contributed by atoms with Gasteiger partial charge in [0.15, 0.2) is 0 Å². The van der Waals surface area contributed by atoms with Crippen LogP contribution in [0.2, 0.25) is 0 Å². The van der Waals surface area contributed by atoms with Crippen LogP contribution in [-0.4, -0.2) is 24.4 Å². The largest absolute Gasteiger partial charge is 0.508 e. The number of benzene rings is 2. The van der Waals surface area contributed by atoms with E-state index < -0.39 is 10.0 Å². The van der Waals surface area contributed by atoms with E-state index in [4.69, 9.17) is 0 Å². The fourth-order valence-corrected chi connectivity index (χ4v) is 4.18. The highest BCUT2D eigenvalue weighted by atomic mass is 32.2. The molecule has 0 aliphatic carbocycles. The molecule has 0 saturated heterocycles. The molecule has 5 heteroatoms. The highest BCUT2D eigenvalue weighted by molar-refractivity contribution is 7.89. The Labute approximate surface area is 131 Å². The van der Waals surface area contributed by atoms with E-state index in [9.17, 15) is 13.5 Å². The number of aryl methyl sites for hydroxylation is 2. The Morgan fingerprint density at radius 3 is 2.41 bits per heavy atom. The lowest BCUT2D eigenvalue weighted by Crippen LogP contribution is -2.36. The van der Waals surface area contributed by atoms with Crippen molar-refractivity contribution < 1.29 is 13.5 Å². The maximum atomic E-state index is 12.7. The third kappa shape index (κ3) is 2.62. The van der Waals surface area contributed by atoms with E-state index in [0.717, 1.165) is 22.3 Å². The molecule has 2 aromatic rings. The predicted octanol–water partition coefficient (Wildman–Crippen LogP) is 2.76. The zero-order valence-corrected chi connectivity index (χ0v) is 13.5. The lowest BCUT2D eigenvalue weighted by atomic mass is 9.98. The number of nitrogens with zero attached hydrogens (tertiary/aromatic N) is 1. The minimum absolute atomic E-state index is 0.216. The van der Waals surface area contributed by atoms with Gasteiger partial charge in [0.2, 0.25) is 10.0 Å². The normalized spacial score (nSPS) is 15.5. The van der Waals surface area contributed by atoms with Gasteiger partial charge in [0.05, 0.1) is 4.90 Å². The van der Waals surface area contributed by atoms with Crippen LogP contribution < -0.4 is 0 Å². The summed E-state index contributed by atoms with van der Waals surface area (Å²) in [6.45, 7) is 4.55. The van der Waals surface area contributed by atoms with Gasteiger partial charge in [-0.25, -0.2) is 8.42 Å². The Morgan fingerprint density at radius 2 is 1.73 bits per heavy atom. The second-order valence-corrected chi connectivity index (χ2v) is 7.75. The van der Waals surface area contributed by atoms with Gasteiger partial charge in [-0.2, -0.15) is 4.31 Å². The Bertz CT molecular complexity index is 811. The Kier molecular flexibility index (Phi) is 3.70. The summed E-state index contributed by atoms with van der Waals surface area (Å²) in [7, 11) is -3.49. The summed E-state index contributed by atoms with van der Waals surface area (Å²) < 4.78 is 26.9. The average molecular weight is 317 g/mol. The molecule has 0 atom stereocenters. The monoisotopic (exact) mass is 317 g/mol. The lowest BCUT2D eigenvalue weighted by molar-refractivity contribution is 0.388. The van der Waals surface area contributed by atoms with Crippen molar-refractivity contribution in [2.24, 2.45) is 0 Å². The topological polar surface area (TPSA) is 57.6 Å². The Morgan fingerprint density at radius 1 is 1.05 bits per heavy atom. The van der Waals surface area contributed by atoms with E-state index in [-0.39, 0.29) is 5.75 Å². The smallest absolute Gasteiger partial charge is 0.243 e. The molecule has 0 unspecified atom stereocenters. The van der Waals surface area contributed by atoms with Crippen LogP contribution >= 0.6 is 0 Å². The summed E-state index contributed by atoms with van der Waals surface area (Å²) in [5, 5.41) is 9.84.